The largest absolute Gasteiger partial charge is 0.381 e. The Bertz CT molecular complexity index is 854. The Morgan fingerprint density at radius 1 is 1.22 bits per heavy atom. The van der Waals surface area contributed by atoms with Crippen LogP contribution in [0.15, 0.2) is 24.3 Å². The summed E-state index contributed by atoms with van der Waals surface area (Å²) in [6.45, 7) is 5.84. The molecule has 174 valence electrons. The van der Waals surface area contributed by atoms with E-state index in [1.54, 1.807) is 6.92 Å². The number of nitrogens with one attached hydrogen (secondary N) is 2. The quantitative estimate of drug-likeness (QED) is 0.588. The zero-order valence-corrected chi connectivity index (χ0v) is 18.1. The lowest BCUT2D eigenvalue weighted by Gasteiger charge is -2.37. The highest BCUT2D eigenvalue weighted by atomic mass is 19.1. The highest BCUT2D eigenvalue weighted by Crippen LogP contribution is 2.29. The fourth-order valence-corrected chi connectivity index (χ4v) is 4.60. The lowest BCUT2D eigenvalue weighted by Crippen LogP contribution is -2.53. The summed E-state index contributed by atoms with van der Waals surface area (Å²) < 4.78 is 24.3. The SMILES string of the molecule is CC1(c2ccc(F)cc2)NC(=O)N(CC(=O)NCC(C2CCOC2)N2CCOCC2)C1=O. The molecular formula is C22H29FN4O5. The highest BCUT2D eigenvalue weighted by Gasteiger charge is 2.49. The van der Waals surface area contributed by atoms with E-state index in [2.05, 4.69) is 15.5 Å². The molecule has 32 heavy (non-hydrogen) atoms. The molecule has 0 saturated carbocycles. The van der Waals surface area contributed by atoms with Crippen LogP contribution in [0.5, 0.6) is 0 Å². The van der Waals surface area contributed by atoms with Gasteiger partial charge in [0, 0.05) is 38.2 Å². The van der Waals surface area contributed by atoms with Crippen LogP contribution in [0.2, 0.25) is 0 Å². The maximum absolute atomic E-state index is 13.3. The molecule has 3 aliphatic rings. The van der Waals surface area contributed by atoms with Crippen LogP contribution in [0, 0.1) is 11.7 Å². The number of hydrogen-bond acceptors (Lipinski definition) is 6. The Labute approximate surface area is 186 Å². The molecule has 3 heterocycles. The fourth-order valence-electron chi connectivity index (χ4n) is 4.60. The van der Waals surface area contributed by atoms with Crippen molar-refractivity contribution in [2.45, 2.75) is 24.9 Å². The molecule has 4 amide bonds. The average molecular weight is 448 g/mol. The van der Waals surface area contributed by atoms with Gasteiger partial charge in [0.25, 0.3) is 5.91 Å². The fraction of sp³-hybridized carbons (Fsp3) is 0.591. The summed E-state index contributed by atoms with van der Waals surface area (Å²) in [4.78, 5) is 41.3. The smallest absolute Gasteiger partial charge is 0.325 e. The number of rotatable bonds is 7. The first-order valence-electron chi connectivity index (χ1n) is 10.9. The second-order valence-electron chi connectivity index (χ2n) is 8.60. The maximum atomic E-state index is 13.3. The molecule has 0 spiro atoms. The molecule has 0 aromatic heterocycles. The minimum absolute atomic E-state index is 0.109. The number of benzene rings is 1. The van der Waals surface area contributed by atoms with Crippen LogP contribution in [0.4, 0.5) is 9.18 Å². The lowest BCUT2D eigenvalue weighted by molar-refractivity contribution is -0.135. The zero-order chi connectivity index (χ0) is 22.7. The standard InChI is InChI=1S/C22H29FN4O5/c1-22(16-2-4-17(23)5-3-16)20(29)27(21(30)25-22)13-19(28)24-12-18(15-6-9-32-14-15)26-7-10-31-11-8-26/h2-5,15,18H,6-14H2,1H3,(H,24,28)(H,25,30). The number of carbonyl (C=O) groups excluding carboxylic acids is 3. The van der Waals surface area contributed by atoms with Crippen LogP contribution in [0.3, 0.4) is 0 Å². The van der Waals surface area contributed by atoms with E-state index >= 15 is 0 Å². The number of urea groups is 1. The lowest BCUT2D eigenvalue weighted by atomic mass is 9.92. The Morgan fingerprint density at radius 2 is 1.94 bits per heavy atom. The van der Waals surface area contributed by atoms with Crippen LogP contribution in [0.25, 0.3) is 0 Å². The molecule has 0 bridgehead atoms. The van der Waals surface area contributed by atoms with E-state index in [-0.39, 0.29) is 12.6 Å². The van der Waals surface area contributed by atoms with E-state index in [4.69, 9.17) is 9.47 Å². The normalized spacial score (nSPS) is 27.4. The van der Waals surface area contributed by atoms with Crippen molar-refractivity contribution in [3.8, 4) is 0 Å². The Kier molecular flexibility index (Phi) is 6.73. The van der Waals surface area contributed by atoms with Crippen molar-refractivity contribution in [3.05, 3.63) is 35.6 Å². The number of carbonyl (C=O) groups is 3. The van der Waals surface area contributed by atoms with Gasteiger partial charge in [-0.15, -0.1) is 0 Å². The number of amides is 4. The summed E-state index contributed by atoms with van der Waals surface area (Å²) in [6.07, 6.45) is 0.931. The van der Waals surface area contributed by atoms with Crippen molar-refractivity contribution in [2.24, 2.45) is 5.92 Å². The molecule has 1 aromatic carbocycles. The van der Waals surface area contributed by atoms with E-state index in [0.29, 0.717) is 44.5 Å². The van der Waals surface area contributed by atoms with Crippen LogP contribution >= 0.6 is 0 Å². The summed E-state index contributed by atoms with van der Waals surface area (Å²) in [5.41, 5.74) is -0.892. The molecule has 9 nitrogen and oxygen atoms in total. The van der Waals surface area contributed by atoms with Gasteiger partial charge in [-0.1, -0.05) is 12.1 Å². The molecule has 4 rings (SSSR count). The summed E-state index contributed by atoms with van der Waals surface area (Å²) in [5.74, 6) is -1.08. The maximum Gasteiger partial charge on any atom is 0.325 e. The third-order valence-electron chi connectivity index (χ3n) is 6.53. The van der Waals surface area contributed by atoms with Crippen LogP contribution in [-0.2, 0) is 24.6 Å². The van der Waals surface area contributed by atoms with Crippen LogP contribution in [0.1, 0.15) is 18.9 Å². The number of imide groups is 1. The Morgan fingerprint density at radius 3 is 2.59 bits per heavy atom. The van der Waals surface area contributed by atoms with Crippen molar-refractivity contribution in [3.63, 3.8) is 0 Å². The van der Waals surface area contributed by atoms with E-state index in [1.807, 2.05) is 0 Å². The molecule has 0 radical (unpaired) electrons. The first-order chi connectivity index (χ1) is 15.4. The predicted molar refractivity (Wildman–Crippen MR) is 112 cm³/mol. The van der Waals surface area contributed by atoms with Gasteiger partial charge in [0.2, 0.25) is 5.91 Å². The summed E-state index contributed by atoms with van der Waals surface area (Å²) in [7, 11) is 0. The van der Waals surface area contributed by atoms with Gasteiger partial charge in [-0.05, 0) is 31.0 Å². The first kappa shape index (κ1) is 22.6. The number of halogens is 1. The summed E-state index contributed by atoms with van der Waals surface area (Å²) in [5, 5.41) is 5.53. The monoisotopic (exact) mass is 448 g/mol. The minimum atomic E-state index is -1.34. The van der Waals surface area contributed by atoms with E-state index in [9.17, 15) is 18.8 Å². The molecule has 2 N–H and O–H groups in total. The minimum Gasteiger partial charge on any atom is -0.381 e. The molecule has 3 fully saturated rings. The number of nitrogens with zero attached hydrogens (tertiary/aromatic N) is 2. The van der Waals surface area contributed by atoms with Crippen molar-refractivity contribution in [1.82, 2.24) is 20.4 Å². The molecule has 3 atom stereocenters. The molecule has 3 aliphatic heterocycles. The van der Waals surface area contributed by atoms with E-state index < -0.39 is 29.2 Å². The highest BCUT2D eigenvalue weighted by molar-refractivity contribution is 6.09. The third-order valence-corrected chi connectivity index (χ3v) is 6.53. The van der Waals surface area contributed by atoms with Crippen LogP contribution in [-0.4, -0.2) is 86.3 Å². The average Bonchev–Trinajstić information content (AvgIpc) is 3.39. The van der Waals surface area contributed by atoms with Gasteiger partial charge in [-0.2, -0.15) is 0 Å². The molecule has 0 aliphatic carbocycles. The second-order valence-corrected chi connectivity index (χ2v) is 8.60. The van der Waals surface area contributed by atoms with Gasteiger partial charge in [0.15, 0.2) is 0 Å². The Balaban J connectivity index is 1.38. The van der Waals surface area contributed by atoms with Gasteiger partial charge < -0.3 is 20.1 Å². The number of morpholine rings is 1. The zero-order valence-electron chi connectivity index (χ0n) is 18.1. The Hall–Kier alpha value is -2.56. The van der Waals surface area contributed by atoms with Gasteiger partial charge in [-0.3, -0.25) is 19.4 Å². The molecule has 3 saturated heterocycles. The van der Waals surface area contributed by atoms with Crippen molar-refractivity contribution < 1.29 is 28.2 Å². The number of hydrogen-bond donors (Lipinski definition) is 2. The van der Waals surface area contributed by atoms with Crippen molar-refractivity contribution >= 4 is 17.8 Å². The molecule has 3 unspecified atom stereocenters. The van der Waals surface area contributed by atoms with Gasteiger partial charge in [0.05, 0.1) is 19.8 Å². The number of ether oxygens (including phenoxy) is 2. The molecular weight excluding hydrogens is 419 g/mol. The second kappa shape index (κ2) is 9.51. The van der Waals surface area contributed by atoms with Crippen molar-refractivity contribution in [2.75, 3.05) is 52.6 Å². The third kappa shape index (κ3) is 4.62. The topological polar surface area (TPSA) is 100 Å². The van der Waals surface area contributed by atoms with Crippen molar-refractivity contribution in [1.29, 1.82) is 0 Å². The van der Waals surface area contributed by atoms with E-state index in [0.717, 1.165) is 24.4 Å². The van der Waals surface area contributed by atoms with Crippen LogP contribution < -0.4 is 10.6 Å². The predicted octanol–water partition coefficient (Wildman–Crippen LogP) is 0.446. The van der Waals surface area contributed by atoms with E-state index in [1.165, 1.54) is 24.3 Å². The molecule has 1 aromatic rings. The van der Waals surface area contributed by atoms with Gasteiger partial charge in [0.1, 0.15) is 17.9 Å². The van der Waals surface area contributed by atoms with Gasteiger partial charge in [-0.25, -0.2) is 9.18 Å². The summed E-state index contributed by atoms with van der Waals surface area (Å²) in [6, 6.07) is 4.83. The molecule has 10 heteroatoms. The van der Waals surface area contributed by atoms with Gasteiger partial charge >= 0.3 is 6.03 Å². The first-order valence-corrected chi connectivity index (χ1v) is 10.9. The summed E-state index contributed by atoms with van der Waals surface area (Å²) >= 11 is 0.